The molecule has 0 spiro atoms. The van der Waals surface area contributed by atoms with Gasteiger partial charge in [0, 0.05) is 11.5 Å². The van der Waals surface area contributed by atoms with Gasteiger partial charge in [0.1, 0.15) is 0 Å². The molecular formula is C16H15BrN2O. The van der Waals surface area contributed by atoms with Crippen molar-refractivity contribution >= 4 is 38.9 Å². The first-order valence-corrected chi connectivity index (χ1v) is 7.26. The molecule has 0 radical (unpaired) electrons. The molecule has 1 aliphatic heterocycles. The SMILES string of the molecule is Cc1ccccc1N1C(=O)CN(C)c2ccc(Br)cc21. The van der Waals surface area contributed by atoms with Gasteiger partial charge in [-0.3, -0.25) is 9.69 Å². The lowest BCUT2D eigenvalue weighted by molar-refractivity contribution is -0.116. The first-order valence-electron chi connectivity index (χ1n) is 6.47. The van der Waals surface area contributed by atoms with E-state index in [4.69, 9.17) is 0 Å². The molecule has 0 atom stereocenters. The van der Waals surface area contributed by atoms with E-state index in [1.807, 2.05) is 66.2 Å². The normalized spacial score (nSPS) is 14.4. The van der Waals surface area contributed by atoms with Crippen LogP contribution in [-0.2, 0) is 4.79 Å². The van der Waals surface area contributed by atoms with Crippen molar-refractivity contribution in [3.8, 4) is 0 Å². The van der Waals surface area contributed by atoms with Crippen molar-refractivity contribution < 1.29 is 4.79 Å². The van der Waals surface area contributed by atoms with Crippen molar-refractivity contribution in [3.63, 3.8) is 0 Å². The molecule has 1 heterocycles. The minimum absolute atomic E-state index is 0.0902. The van der Waals surface area contributed by atoms with Crippen LogP contribution in [0.25, 0.3) is 0 Å². The number of hydrogen-bond donors (Lipinski definition) is 0. The summed E-state index contributed by atoms with van der Waals surface area (Å²) in [6, 6.07) is 14.0. The molecule has 0 N–H and O–H groups in total. The molecule has 1 aliphatic rings. The second kappa shape index (κ2) is 4.94. The maximum Gasteiger partial charge on any atom is 0.251 e. The van der Waals surface area contributed by atoms with E-state index >= 15 is 0 Å². The summed E-state index contributed by atoms with van der Waals surface area (Å²) >= 11 is 3.49. The molecule has 102 valence electrons. The van der Waals surface area contributed by atoms with Crippen molar-refractivity contribution in [2.75, 3.05) is 23.4 Å². The fourth-order valence-corrected chi connectivity index (χ4v) is 2.92. The van der Waals surface area contributed by atoms with Gasteiger partial charge in [-0.1, -0.05) is 34.1 Å². The second-order valence-corrected chi connectivity index (χ2v) is 5.92. The fourth-order valence-electron chi connectivity index (χ4n) is 2.57. The predicted molar refractivity (Wildman–Crippen MR) is 85.7 cm³/mol. The van der Waals surface area contributed by atoms with Crippen LogP contribution in [0.4, 0.5) is 17.1 Å². The Labute approximate surface area is 126 Å². The van der Waals surface area contributed by atoms with Crippen molar-refractivity contribution in [1.82, 2.24) is 0 Å². The third-order valence-corrected chi connectivity index (χ3v) is 4.06. The average molecular weight is 331 g/mol. The highest BCUT2D eigenvalue weighted by atomic mass is 79.9. The molecule has 0 saturated heterocycles. The summed E-state index contributed by atoms with van der Waals surface area (Å²) in [6.07, 6.45) is 0. The highest BCUT2D eigenvalue weighted by molar-refractivity contribution is 9.10. The van der Waals surface area contributed by atoms with Crippen LogP contribution in [0.2, 0.25) is 0 Å². The first kappa shape index (κ1) is 13.2. The van der Waals surface area contributed by atoms with Gasteiger partial charge < -0.3 is 4.90 Å². The van der Waals surface area contributed by atoms with Gasteiger partial charge >= 0.3 is 0 Å². The van der Waals surface area contributed by atoms with Crippen LogP contribution in [0.1, 0.15) is 5.56 Å². The number of amides is 1. The van der Waals surface area contributed by atoms with Crippen LogP contribution >= 0.6 is 15.9 Å². The second-order valence-electron chi connectivity index (χ2n) is 5.00. The van der Waals surface area contributed by atoms with E-state index in [0.717, 1.165) is 27.1 Å². The minimum atomic E-state index is 0.0902. The van der Waals surface area contributed by atoms with Crippen LogP contribution < -0.4 is 9.80 Å². The van der Waals surface area contributed by atoms with Crippen molar-refractivity contribution in [2.45, 2.75) is 6.92 Å². The molecule has 4 heteroatoms. The lowest BCUT2D eigenvalue weighted by atomic mass is 10.1. The summed E-state index contributed by atoms with van der Waals surface area (Å²) in [5, 5.41) is 0. The Kier molecular flexibility index (Phi) is 3.26. The highest BCUT2D eigenvalue weighted by Gasteiger charge is 2.29. The van der Waals surface area contributed by atoms with E-state index in [-0.39, 0.29) is 5.91 Å². The van der Waals surface area contributed by atoms with E-state index < -0.39 is 0 Å². The molecule has 20 heavy (non-hydrogen) atoms. The van der Waals surface area contributed by atoms with E-state index in [1.54, 1.807) is 0 Å². The van der Waals surface area contributed by atoms with Gasteiger partial charge in [0.15, 0.2) is 0 Å². The number of nitrogens with zero attached hydrogens (tertiary/aromatic N) is 2. The van der Waals surface area contributed by atoms with E-state index in [9.17, 15) is 4.79 Å². The largest absolute Gasteiger partial charge is 0.364 e. The molecule has 0 unspecified atom stereocenters. The molecule has 0 fully saturated rings. The predicted octanol–water partition coefficient (Wildman–Crippen LogP) is 3.87. The van der Waals surface area contributed by atoms with Crippen LogP contribution in [0, 0.1) is 6.92 Å². The molecule has 0 bridgehead atoms. The number of para-hydroxylation sites is 1. The van der Waals surface area contributed by atoms with Gasteiger partial charge in [-0.05, 0) is 36.8 Å². The smallest absolute Gasteiger partial charge is 0.251 e. The molecule has 2 aromatic rings. The van der Waals surface area contributed by atoms with Crippen molar-refractivity contribution in [1.29, 1.82) is 0 Å². The van der Waals surface area contributed by atoms with Crippen molar-refractivity contribution in [2.24, 2.45) is 0 Å². The number of carbonyl (C=O) groups excluding carboxylic acids is 1. The van der Waals surface area contributed by atoms with Crippen LogP contribution in [0.3, 0.4) is 0 Å². The van der Waals surface area contributed by atoms with Gasteiger partial charge in [0.25, 0.3) is 5.91 Å². The lowest BCUT2D eigenvalue weighted by Gasteiger charge is -2.36. The van der Waals surface area contributed by atoms with Crippen LogP contribution in [-0.4, -0.2) is 19.5 Å². The Morgan fingerprint density at radius 3 is 2.55 bits per heavy atom. The third kappa shape index (κ3) is 2.10. The maximum atomic E-state index is 12.5. The zero-order valence-corrected chi connectivity index (χ0v) is 13.0. The summed E-state index contributed by atoms with van der Waals surface area (Å²) in [5.74, 6) is 0.0902. The van der Waals surface area contributed by atoms with Gasteiger partial charge in [-0.25, -0.2) is 0 Å². The Morgan fingerprint density at radius 1 is 1.05 bits per heavy atom. The van der Waals surface area contributed by atoms with Gasteiger partial charge in [0.05, 0.1) is 23.6 Å². The first-order chi connectivity index (χ1) is 9.58. The number of benzene rings is 2. The van der Waals surface area contributed by atoms with Crippen LogP contribution in [0.15, 0.2) is 46.9 Å². The van der Waals surface area contributed by atoms with E-state index in [0.29, 0.717) is 6.54 Å². The van der Waals surface area contributed by atoms with Crippen molar-refractivity contribution in [3.05, 3.63) is 52.5 Å². The number of halogens is 1. The lowest BCUT2D eigenvalue weighted by Crippen LogP contribution is -2.41. The molecule has 0 aliphatic carbocycles. The molecule has 0 aromatic heterocycles. The zero-order chi connectivity index (χ0) is 14.3. The fraction of sp³-hybridized carbons (Fsp3) is 0.188. The highest BCUT2D eigenvalue weighted by Crippen LogP contribution is 2.40. The van der Waals surface area contributed by atoms with Gasteiger partial charge in [0.2, 0.25) is 0 Å². The summed E-state index contributed by atoms with van der Waals surface area (Å²) in [5.41, 5.74) is 4.03. The Morgan fingerprint density at radius 2 is 1.80 bits per heavy atom. The number of fused-ring (bicyclic) bond motifs is 1. The van der Waals surface area contributed by atoms with Gasteiger partial charge in [-0.15, -0.1) is 0 Å². The minimum Gasteiger partial charge on any atom is -0.364 e. The standard InChI is InChI=1S/C16H15BrN2O/c1-11-5-3-4-6-13(11)19-15-9-12(17)7-8-14(15)18(2)10-16(19)20/h3-9H,10H2,1-2H3. The Balaban J connectivity index is 2.21. The summed E-state index contributed by atoms with van der Waals surface area (Å²) in [7, 11) is 1.94. The molecular weight excluding hydrogens is 316 g/mol. The van der Waals surface area contributed by atoms with Crippen LogP contribution in [0.5, 0.6) is 0 Å². The summed E-state index contributed by atoms with van der Waals surface area (Å²) in [4.78, 5) is 16.3. The quantitative estimate of drug-likeness (QED) is 0.792. The van der Waals surface area contributed by atoms with Gasteiger partial charge in [-0.2, -0.15) is 0 Å². The summed E-state index contributed by atoms with van der Waals surface area (Å²) < 4.78 is 0.970. The number of aryl methyl sites for hydroxylation is 1. The average Bonchev–Trinajstić information content (AvgIpc) is 2.40. The molecule has 2 aromatic carbocycles. The Hall–Kier alpha value is -1.81. The third-order valence-electron chi connectivity index (χ3n) is 3.57. The molecule has 3 nitrogen and oxygen atoms in total. The topological polar surface area (TPSA) is 23.6 Å². The summed E-state index contributed by atoms with van der Waals surface area (Å²) in [6.45, 7) is 2.42. The number of likely N-dealkylation sites (N-methyl/N-ethyl adjacent to an activating group) is 1. The zero-order valence-electron chi connectivity index (χ0n) is 11.4. The molecule has 3 rings (SSSR count). The van der Waals surface area contributed by atoms with E-state index in [1.165, 1.54) is 0 Å². The number of rotatable bonds is 1. The number of carbonyl (C=O) groups is 1. The number of anilines is 3. The molecule has 1 amide bonds. The van der Waals surface area contributed by atoms with E-state index in [2.05, 4.69) is 15.9 Å². The maximum absolute atomic E-state index is 12.5. The monoisotopic (exact) mass is 330 g/mol. The number of hydrogen-bond acceptors (Lipinski definition) is 2. The molecule has 0 saturated carbocycles. The Bertz CT molecular complexity index is 684.